The van der Waals surface area contributed by atoms with Crippen LogP contribution in [-0.2, 0) is 9.59 Å². The second kappa shape index (κ2) is 6.36. The zero-order chi connectivity index (χ0) is 13.7. The molecule has 102 valence electrons. The highest BCUT2D eigenvalue weighted by Gasteiger charge is 2.22. The summed E-state index contributed by atoms with van der Waals surface area (Å²) in [6, 6.07) is 7.23. The van der Waals surface area contributed by atoms with Gasteiger partial charge in [-0.3, -0.25) is 4.79 Å². The third-order valence-electron chi connectivity index (χ3n) is 3.39. The molecule has 1 aromatic rings. The highest BCUT2D eigenvalue weighted by atomic mass is 16.5. The lowest BCUT2D eigenvalue weighted by molar-refractivity contribution is -0.136. The molecule has 0 aliphatic heterocycles. The van der Waals surface area contributed by atoms with Crippen LogP contribution in [0.5, 0.6) is 5.75 Å². The molecule has 0 unspecified atom stereocenters. The summed E-state index contributed by atoms with van der Waals surface area (Å²) in [6.07, 6.45) is 4.06. The Hall–Kier alpha value is -1.84. The van der Waals surface area contributed by atoms with E-state index in [1.807, 2.05) is 19.1 Å². The van der Waals surface area contributed by atoms with Crippen LogP contribution < -0.4 is 10.1 Å². The number of benzene rings is 1. The Balaban J connectivity index is 1.75. The van der Waals surface area contributed by atoms with Gasteiger partial charge in [0.1, 0.15) is 12.3 Å². The lowest BCUT2D eigenvalue weighted by Gasteiger charge is -2.10. The van der Waals surface area contributed by atoms with Gasteiger partial charge in [0.2, 0.25) is 5.91 Å². The molecule has 1 aliphatic rings. The first-order valence-electron chi connectivity index (χ1n) is 6.70. The van der Waals surface area contributed by atoms with Crippen molar-refractivity contribution in [2.45, 2.75) is 32.6 Å². The van der Waals surface area contributed by atoms with E-state index < -0.39 is 5.97 Å². The molecule has 0 atom stereocenters. The Kier molecular flexibility index (Phi) is 4.55. The summed E-state index contributed by atoms with van der Waals surface area (Å²) < 4.78 is 5.13. The van der Waals surface area contributed by atoms with Gasteiger partial charge in [-0.1, -0.05) is 30.5 Å². The molecule has 1 saturated carbocycles. The summed E-state index contributed by atoms with van der Waals surface area (Å²) in [7, 11) is 0. The van der Waals surface area contributed by atoms with Crippen molar-refractivity contribution in [2.75, 3.05) is 6.54 Å². The van der Waals surface area contributed by atoms with Crippen molar-refractivity contribution in [3.63, 3.8) is 0 Å². The predicted octanol–water partition coefficient (Wildman–Crippen LogP) is 2.21. The predicted molar refractivity (Wildman–Crippen MR) is 71.8 cm³/mol. The Morgan fingerprint density at radius 1 is 1.21 bits per heavy atom. The van der Waals surface area contributed by atoms with E-state index in [2.05, 4.69) is 5.32 Å². The van der Waals surface area contributed by atoms with Crippen LogP contribution in [0, 0.1) is 12.8 Å². The lowest BCUT2D eigenvalue weighted by atomic mass is 10.1. The summed E-state index contributed by atoms with van der Waals surface area (Å²) in [6.45, 7) is 1.90. The average molecular weight is 261 g/mol. The van der Waals surface area contributed by atoms with Gasteiger partial charge in [0, 0.05) is 5.92 Å². The minimum atomic E-state index is -0.435. The van der Waals surface area contributed by atoms with Gasteiger partial charge in [-0.25, -0.2) is 4.79 Å². The summed E-state index contributed by atoms with van der Waals surface area (Å²) in [5, 5.41) is 2.64. The van der Waals surface area contributed by atoms with Crippen molar-refractivity contribution in [3.8, 4) is 5.75 Å². The van der Waals surface area contributed by atoms with Crippen molar-refractivity contribution in [3.05, 3.63) is 29.8 Å². The van der Waals surface area contributed by atoms with E-state index in [9.17, 15) is 9.59 Å². The molecular weight excluding hydrogens is 242 g/mol. The fourth-order valence-electron chi connectivity index (χ4n) is 2.27. The van der Waals surface area contributed by atoms with Crippen LogP contribution in [0.1, 0.15) is 31.2 Å². The maximum atomic E-state index is 11.7. The molecule has 4 heteroatoms. The quantitative estimate of drug-likeness (QED) is 0.668. The van der Waals surface area contributed by atoms with Gasteiger partial charge < -0.3 is 10.1 Å². The van der Waals surface area contributed by atoms with Gasteiger partial charge in [-0.15, -0.1) is 0 Å². The molecule has 0 radical (unpaired) electrons. The molecular formula is C15H19NO3. The third kappa shape index (κ3) is 4.09. The SMILES string of the molecule is Cc1ccc(OC(=O)CNC(=O)C2CCCC2)cc1. The molecule has 0 bridgehead atoms. The van der Waals surface area contributed by atoms with Gasteiger partial charge in [-0.05, 0) is 31.9 Å². The maximum Gasteiger partial charge on any atom is 0.330 e. The molecule has 1 aliphatic carbocycles. The highest BCUT2D eigenvalue weighted by Crippen LogP contribution is 2.24. The molecule has 0 spiro atoms. The normalized spacial score (nSPS) is 15.2. The number of amides is 1. The zero-order valence-corrected chi connectivity index (χ0v) is 11.1. The topological polar surface area (TPSA) is 55.4 Å². The fourth-order valence-corrected chi connectivity index (χ4v) is 2.27. The number of carbonyl (C=O) groups is 2. The summed E-state index contributed by atoms with van der Waals surface area (Å²) in [5.74, 6) is 0.117. The van der Waals surface area contributed by atoms with Crippen LogP contribution in [0.3, 0.4) is 0 Å². The molecule has 1 amide bonds. The molecule has 0 saturated heterocycles. The van der Waals surface area contributed by atoms with E-state index in [1.165, 1.54) is 0 Å². The van der Waals surface area contributed by atoms with Crippen LogP contribution in [0.4, 0.5) is 0 Å². The Morgan fingerprint density at radius 3 is 2.47 bits per heavy atom. The number of hydrogen-bond donors (Lipinski definition) is 1. The number of ether oxygens (including phenoxy) is 1. The molecule has 1 N–H and O–H groups in total. The Morgan fingerprint density at radius 2 is 1.84 bits per heavy atom. The number of hydrogen-bond acceptors (Lipinski definition) is 3. The number of carbonyl (C=O) groups excluding carboxylic acids is 2. The van der Waals surface area contributed by atoms with Gasteiger partial charge in [-0.2, -0.15) is 0 Å². The van der Waals surface area contributed by atoms with Crippen molar-refractivity contribution in [1.82, 2.24) is 5.32 Å². The van der Waals surface area contributed by atoms with E-state index in [0.29, 0.717) is 5.75 Å². The van der Waals surface area contributed by atoms with Crippen molar-refractivity contribution >= 4 is 11.9 Å². The van der Waals surface area contributed by atoms with Crippen molar-refractivity contribution in [2.24, 2.45) is 5.92 Å². The first kappa shape index (κ1) is 13.6. The largest absolute Gasteiger partial charge is 0.425 e. The van der Waals surface area contributed by atoms with E-state index in [0.717, 1.165) is 31.2 Å². The first-order chi connectivity index (χ1) is 9.15. The zero-order valence-electron chi connectivity index (χ0n) is 11.1. The van der Waals surface area contributed by atoms with Crippen LogP contribution in [-0.4, -0.2) is 18.4 Å². The minimum Gasteiger partial charge on any atom is -0.425 e. The minimum absolute atomic E-state index is 0.0293. The van der Waals surface area contributed by atoms with E-state index in [4.69, 9.17) is 4.74 Å². The Bertz CT molecular complexity index is 447. The smallest absolute Gasteiger partial charge is 0.330 e. The first-order valence-corrected chi connectivity index (χ1v) is 6.70. The van der Waals surface area contributed by atoms with Gasteiger partial charge in [0.15, 0.2) is 0 Å². The van der Waals surface area contributed by atoms with Crippen LogP contribution in [0.15, 0.2) is 24.3 Å². The van der Waals surface area contributed by atoms with E-state index in [1.54, 1.807) is 12.1 Å². The molecule has 1 fully saturated rings. The van der Waals surface area contributed by atoms with Crippen molar-refractivity contribution in [1.29, 1.82) is 0 Å². The second-order valence-corrected chi connectivity index (χ2v) is 4.99. The van der Waals surface area contributed by atoms with E-state index in [-0.39, 0.29) is 18.4 Å². The molecule has 4 nitrogen and oxygen atoms in total. The van der Waals surface area contributed by atoms with Gasteiger partial charge in [0.05, 0.1) is 0 Å². The second-order valence-electron chi connectivity index (χ2n) is 4.99. The van der Waals surface area contributed by atoms with Gasteiger partial charge >= 0.3 is 5.97 Å². The lowest BCUT2D eigenvalue weighted by Crippen LogP contribution is -2.35. The Labute approximate surface area is 113 Å². The maximum absolute atomic E-state index is 11.7. The van der Waals surface area contributed by atoms with Crippen LogP contribution in [0.2, 0.25) is 0 Å². The van der Waals surface area contributed by atoms with E-state index >= 15 is 0 Å². The van der Waals surface area contributed by atoms with Crippen molar-refractivity contribution < 1.29 is 14.3 Å². The summed E-state index contributed by atoms with van der Waals surface area (Å²) in [4.78, 5) is 23.3. The monoisotopic (exact) mass is 261 g/mol. The summed E-state index contributed by atoms with van der Waals surface area (Å²) >= 11 is 0. The fraction of sp³-hybridized carbons (Fsp3) is 0.467. The number of nitrogens with one attached hydrogen (secondary N) is 1. The molecule has 0 heterocycles. The number of aryl methyl sites for hydroxylation is 1. The summed E-state index contributed by atoms with van der Waals surface area (Å²) in [5.41, 5.74) is 1.11. The van der Waals surface area contributed by atoms with Gasteiger partial charge in [0.25, 0.3) is 0 Å². The average Bonchev–Trinajstić information content (AvgIpc) is 2.93. The number of esters is 1. The highest BCUT2D eigenvalue weighted by molar-refractivity contribution is 5.84. The standard InChI is InChI=1S/C15H19NO3/c1-11-6-8-13(9-7-11)19-14(17)10-16-15(18)12-4-2-3-5-12/h6-9,12H,2-5,10H2,1H3,(H,16,18). The molecule has 1 aromatic carbocycles. The number of rotatable bonds is 4. The third-order valence-corrected chi connectivity index (χ3v) is 3.39. The van der Waals surface area contributed by atoms with Crippen LogP contribution in [0.25, 0.3) is 0 Å². The molecule has 19 heavy (non-hydrogen) atoms. The molecule has 2 rings (SSSR count). The molecule has 0 aromatic heterocycles. The van der Waals surface area contributed by atoms with Crippen LogP contribution >= 0.6 is 0 Å².